The predicted octanol–water partition coefficient (Wildman–Crippen LogP) is 3.56. The number of amides is 1. The second-order valence-electron chi connectivity index (χ2n) is 8.94. The second kappa shape index (κ2) is 11.5. The van der Waals surface area contributed by atoms with Crippen LogP contribution in [0.4, 0.5) is 10.1 Å². The van der Waals surface area contributed by atoms with Crippen LogP contribution in [0, 0.1) is 22.9 Å². The van der Waals surface area contributed by atoms with Gasteiger partial charge in [0.15, 0.2) is 5.69 Å². The van der Waals surface area contributed by atoms with Gasteiger partial charge in [-0.2, -0.15) is 14.1 Å². The van der Waals surface area contributed by atoms with Crippen molar-refractivity contribution in [1.82, 2.24) is 19.4 Å². The zero-order chi connectivity index (χ0) is 29.1. The van der Waals surface area contributed by atoms with Gasteiger partial charge in [-0.25, -0.2) is 12.8 Å². The fourth-order valence-corrected chi connectivity index (χ4v) is 5.73. The number of ether oxygens (including phenoxy) is 2. The van der Waals surface area contributed by atoms with Crippen molar-refractivity contribution in [3.63, 3.8) is 0 Å². The molecule has 2 aromatic heterocycles. The van der Waals surface area contributed by atoms with E-state index in [-0.39, 0.29) is 61.4 Å². The van der Waals surface area contributed by atoms with Crippen LogP contribution in [0.15, 0.2) is 70.2 Å². The number of nitro groups is 1. The number of aromatic nitrogens is 2. The lowest BCUT2D eigenvalue weighted by atomic mass is 10.2. The Bertz CT molecular complexity index is 1700. The molecule has 13 nitrogen and oxygen atoms in total. The van der Waals surface area contributed by atoms with Gasteiger partial charge in [-0.1, -0.05) is 6.07 Å². The molecule has 0 bridgehead atoms. The topological polar surface area (TPSA) is 159 Å². The fourth-order valence-electron chi connectivity index (χ4n) is 4.19. The maximum absolute atomic E-state index is 14.2. The number of furan rings is 1. The zero-order valence-electron chi connectivity index (χ0n) is 21.7. The van der Waals surface area contributed by atoms with E-state index in [4.69, 9.17) is 13.9 Å². The molecule has 0 saturated carbocycles. The largest absolute Gasteiger partial charge is 0.467 e. The highest BCUT2D eigenvalue weighted by atomic mass is 32.2. The van der Waals surface area contributed by atoms with Gasteiger partial charge in [0, 0.05) is 30.8 Å². The van der Waals surface area contributed by atoms with Crippen molar-refractivity contribution < 1.29 is 36.4 Å². The summed E-state index contributed by atoms with van der Waals surface area (Å²) in [5.74, 6) is -1.02. The van der Waals surface area contributed by atoms with Gasteiger partial charge in [-0.3, -0.25) is 14.9 Å². The number of non-ortho nitro benzene ring substituents is 1. The molecule has 15 heteroatoms. The summed E-state index contributed by atoms with van der Waals surface area (Å²) in [5.41, 5.74) is -0.139. The van der Waals surface area contributed by atoms with Crippen molar-refractivity contribution in [2.45, 2.75) is 18.4 Å². The van der Waals surface area contributed by atoms with Crippen LogP contribution in [-0.4, -0.2) is 59.6 Å². The van der Waals surface area contributed by atoms with Gasteiger partial charge in [-0.15, -0.1) is 0 Å². The fraction of sp³-hybridized carbons (Fsp3) is 0.231. The van der Waals surface area contributed by atoms with E-state index >= 15 is 0 Å². The summed E-state index contributed by atoms with van der Waals surface area (Å²) in [6, 6.07) is 11.9. The maximum Gasteiger partial charge on any atom is 0.272 e. The molecule has 0 spiro atoms. The van der Waals surface area contributed by atoms with Gasteiger partial charge in [-0.05, 0) is 43.3 Å². The van der Waals surface area contributed by atoms with E-state index in [1.165, 1.54) is 31.4 Å². The van der Waals surface area contributed by atoms with E-state index in [1.807, 2.05) is 0 Å². The number of carbonyl (C=O) groups excluding carboxylic acids is 1. The van der Waals surface area contributed by atoms with E-state index in [9.17, 15) is 27.7 Å². The Balaban J connectivity index is 1.59. The molecular weight excluding hydrogens is 561 g/mol. The van der Waals surface area contributed by atoms with Crippen molar-refractivity contribution in [3.8, 4) is 17.3 Å². The Hall–Kier alpha value is -4.60. The third-order valence-electron chi connectivity index (χ3n) is 6.27. The Morgan fingerprint density at radius 1 is 1.17 bits per heavy atom. The smallest absolute Gasteiger partial charge is 0.272 e. The predicted molar refractivity (Wildman–Crippen MR) is 141 cm³/mol. The number of rotatable bonds is 9. The molecule has 0 aliphatic carbocycles. The van der Waals surface area contributed by atoms with Crippen molar-refractivity contribution in [1.29, 1.82) is 0 Å². The third-order valence-corrected chi connectivity index (χ3v) is 8.19. The molecule has 0 unspecified atom stereocenters. The molecule has 41 heavy (non-hydrogen) atoms. The highest BCUT2D eigenvalue weighted by Crippen LogP contribution is 2.37. The van der Waals surface area contributed by atoms with Crippen LogP contribution in [-0.2, 0) is 21.3 Å². The van der Waals surface area contributed by atoms with Crippen molar-refractivity contribution in [2.75, 3.05) is 26.3 Å². The van der Waals surface area contributed by atoms with E-state index < -0.39 is 37.3 Å². The third kappa shape index (κ3) is 5.82. The summed E-state index contributed by atoms with van der Waals surface area (Å²) in [6.07, 6.45) is 1.46. The average Bonchev–Trinajstić information content (AvgIpc) is 3.60. The van der Waals surface area contributed by atoms with Gasteiger partial charge < -0.3 is 19.2 Å². The molecule has 0 atom stereocenters. The number of carbonyl (C=O) groups is 1. The number of halogens is 1. The molecule has 1 saturated heterocycles. The summed E-state index contributed by atoms with van der Waals surface area (Å²) in [5, 5.41) is 18.5. The lowest BCUT2D eigenvalue weighted by molar-refractivity contribution is -0.385. The Labute approximate surface area is 233 Å². The van der Waals surface area contributed by atoms with Crippen LogP contribution in [0.2, 0.25) is 0 Å². The number of hydrogen-bond donors (Lipinski definition) is 1. The van der Waals surface area contributed by atoms with Crippen LogP contribution >= 0.6 is 0 Å². The Morgan fingerprint density at radius 3 is 2.63 bits per heavy atom. The lowest BCUT2D eigenvalue weighted by Gasteiger charge is -2.26. The molecule has 214 valence electrons. The van der Waals surface area contributed by atoms with Gasteiger partial charge in [0.25, 0.3) is 11.6 Å². The average molecular weight is 586 g/mol. The molecule has 5 rings (SSSR count). The molecular formula is C26H24FN5O8S. The van der Waals surface area contributed by atoms with Crippen LogP contribution in [0.25, 0.3) is 5.69 Å². The Morgan fingerprint density at radius 2 is 1.95 bits per heavy atom. The molecule has 0 radical (unpaired) electrons. The number of morpholine rings is 1. The maximum atomic E-state index is 14.2. The quantitative estimate of drug-likeness (QED) is 0.229. The molecule has 1 N–H and O–H groups in total. The highest BCUT2D eigenvalue weighted by molar-refractivity contribution is 7.89. The van der Waals surface area contributed by atoms with Gasteiger partial charge in [0.1, 0.15) is 22.2 Å². The normalized spacial score (nSPS) is 14.1. The van der Waals surface area contributed by atoms with E-state index in [0.717, 1.165) is 33.3 Å². The van der Waals surface area contributed by atoms with Gasteiger partial charge >= 0.3 is 0 Å². The zero-order valence-corrected chi connectivity index (χ0v) is 22.5. The van der Waals surface area contributed by atoms with Crippen LogP contribution in [0.1, 0.15) is 21.8 Å². The molecule has 3 heterocycles. The molecule has 1 aliphatic rings. The standard InChI is InChI=1S/C26H24FN5O8S/c1-17-24(25(33)28-16-21-6-3-11-39-21)29-31(19-5-2-4-18(27)14-19)26(17)40-22-8-7-20(32(34)35)15-23(22)41(36,37)30-9-12-38-13-10-30/h2-8,11,14-15H,9-10,12-13,16H2,1H3,(H,28,33). The number of benzene rings is 2. The van der Waals surface area contributed by atoms with E-state index in [2.05, 4.69) is 10.4 Å². The summed E-state index contributed by atoms with van der Waals surface area (Å²) < 4.78 is 60.2. The van der Waals surface area contributed by atoms with Gasteiger partial charge in [0.05, 0.1) is 36.6 Å². The molecule has 1 fully saturated rings. The minimum atomic E-state index is -4.26. The second-order valence-corrected chi connectivity index (χ2v) is 10.8. The van der Waals surface area contributed by atoms with E-state index in [1.54, 1.807) is 12.1 Å². The molecule has 4 aromatic rings. The summed E-state index contributed by atoms with van der Waals surface area (Å²) in [4.78, 5) is 23.4. The summed E-state index contributed by atoms with van der Waals surface area (Å²) in [6.45, 7) is 2.01. The molecule has 1 amide bonds. The number of nitrogens with zero attached hydrogens (tertiary/aromatic N) is 4. The first kappa shape index (κ1) is 27.9. The SMILES string of the molecule is Cc1c(C(=O)NCc2ccco2)nn(-c2cccc(F)c2)c1Oc1ccc([N+](=O)[O-])cc1S(=O)(=O)N1CCOCC1. The number of sulfonamides is 1. The van der Waals surface area contributed by atoms with E-state index in [0.29, 0.717) is 5.76 Å². The van der Waals surface area contributed by atoms with Crippen LogP contribution in [0.3, 0.4) is 0 Å². The van der Waals surface area contributed by atoms with Crippen molar-refractivity contribution in [3.05, 3.63) is 93.8 Å². The number of nitrogens with one attached hydrogen (secondary N) is 1. The van der Waals surface area contributed by atoms with Crippen LogP contribution in [0.5, 0.6) is 11.6 Å². The minimum Gasteiger partial charge on any atom is -0.467 e. The summed E-state index contributed by atoms with van der Waals surface area (Å²) in [7, 11) is -4.26. The molecule has 2 aromatic carbocycles. The number of nitro benzene ring substituents is 1. The van der Waals surface area contributed by atoms with Gasteiger partial charge in [0.2, 0.25) is 15.9 Å². The molecule has 1 aliphatic heterocycles. The lowest BCUT2D eigenvalue weighted by Crippen LogP contribution is -2.40. The first-order chi connectivity index (χ1) is 19.6. The number of hydrogen-bond acceptors (Lipinski definition) is 9. The minimum absolute atomic E-state index is 0.0463. The Kier molecular flexibility index (Phi) is 7.83. The first-order valence-electron chi connectivity index (χ1n) is 12.4. The first-order valence-corrected chi connectivity index (χ1v) is 13.8. The highest BCUT2D eigenvalue weighted by Gasteiger charge is 2.32. The van der Waals surface area contributed by atoms with Crippen molar-refractivity contribution >= 4 is 21.6 Å². The monoisotopic (exact) mass is 585 g/mol. The van der Waals surface area contributed by atoms with Crippen molar-refractivity contribution in [2.24, 2.45) is 0 Å². The van der Waals surface area contributed by atoms with Crippen LogP contribution < -0.4 is 10.1 Å². The summed E-state index contributed by atoms with van der Waals surface area (Å²) >= 11 is 0.